The molecule has 0 saturated heterocycles. The van der Waals surface area contributed by atoms with Crippen molar-refractivity contribution in [2.45, 2.75) is 12.4 Å². The van der Waals surface area contributed by atoms with E-state index < -0.39 is 28.5 Å². The first kappa shape index (κ1) is 21.0. The van der Waals surface area contributed by atoms with Crippen LogP contribution in [0.2, 0.25) is 0 Å². The lowest BCUT2D eigenvalue weighted by Gasteiger charge is -2.15. The highest BCUT2D eigenvalue weighted by atomic mass is 16.7. The van der Waals surface area contributed by atoms with Crippen molar-refractivity contribution >= 4 is 0 Å². The maximum atomic E-state index is 12.5. The number of aromatic nitrogens is 4. The molecule has 0 saturated carbocycles. The van der Waals surface area contributed by atoms with Crippen LogP contribution in [0.1, 0.15) is 17.0 Å². The molecule has 4 rings (SSSR count). The molecule has 2 aromatic carbocycles. The van der Waals surface area contributed by atoms with Gasteiger partial charge in [-0.15, -0.1) is 9.69 Å². The summed E-state index contributed by atoms with van der Waals surface area (Å²) < 4.78 is 1.53. The van der Waals surface area contributed by atoms with Crippen LogP contribution in [0, 0.1) is 0 Å². The Bertz CT molecular complexity index is 1410. The van der Waals surface area contributed by atoms with Crippen molar-refractivity contribution < 1.29 is 30.8 Å². The van der Waals surface area contributed by atoms with Gasteiger partial charge in [0.25, 0.3) is 5.56 Å². The van der Waals surface area contributed by atoms with E-state index in [-0.39, 0.29) is 22.6 Å². The second-order valence-corrected chi connectivity index (χ2v) is 6.99. The molecule has 0 spiro atoms. The Labute approximate surface area is 178 Å². The van der Waals surface area contributed by atoms with Gasteiger partial charge in [0.1, 0.15) is 5.69 Å². The molecule has 0 aliphatic carbocycles. The summed E-state index contributed by atoms with van der Waals surface area (Å²) in [5.74, 6) is -4.12. The molecule has 2 aromatic heterocycles. The molecule has 6 N–H and O–H groups in total. The maximum Gasteiger partial charge on any atom is 0.325 e. The van der Waals surface area contributed by atoms with Gasteiger partial charge in [0.15, 0.2) is 5.69 Å². The second-order valence-electron chi connectivity index (χ2n) is 6.99. The minimum Gasteiger partial charge on any atom is -0.502 e. The topological polar surface area (TPSA) is 175 Å². The number of hydrogen-bond acceptors (Lipinski definition) is 8. The summed E-state index contributed by atoms with van der Waals surface area (Å²) in [4.78, 5) is 25.3. The van der Waals surface area contributed by atoms with Gasteiger partial charge in [-0.1, -0.05) is 30.3 Å². The maximum absolute atomic E-state index is 12.5. The molecule has 0 aliphatic rings. The van der Waals surface area contributed by atoms with Gasteiger partial charge >= 0.3 is 11.5 Å². The lowest BCUT2D eigenvalue weighted by molar-refractivity contribution is -0.331. The Morgan fingerprint density at radius 3 is 2.06 bits per heavy atom. The normalized spacial score (nSPS) is 11.7. The van der Waals surface area contributed by atoms with Gasteiger partial charge in [0, 0.05) is 12.5 Å². The highest BCUT2D eigenvalue weighted by molar-refractivity contribution is 5.41. The van der Waals surface area contributed by atoms with Crippen molar-refractivity contribution in [1.29, 1.82) is 0 Å². The molecule has 0 aliphatic heterocycles. The first-order valence-corrected chi connectivity index (χ1v) is 9.21. The molecule has 0 radical (unpaired) electrons. The number of para-hydroxylation sites is 1. The minimum atomic E-state index is -3.45. The van der Waals surface area contributed by atoms with Crippen molar-refractivity contribution in [3.8, 4) is 17.1 Å². The molecular weight excluding hydrogens is 424 g/mol. The van der Waals surface area contributed by atoms with Gasteiger partial charge in [0.2, 0.25) is 5.75 Å². The van der Waals surface area contributed by atoms with E-state index >= 15 is 0 Å². The van der Waals surface area contributed by atoms with Gasteiger partial charge < -0.3 is 30.8 Å². The van der Waals surface area contributed by atoms with Gasteiger partial charge in [-0.2, -0.15) is 9.36 Å². The first-order chi connectivity index (χ1) is 15.1. The zero-order valence-electron chi connectivity index (χ0n) is 16.3. The summed E-state index contributed by atoms with van der Waals surface area (Å²) in [6.07, 6.45) is -0.136. The van der Waals surface area contributed by atoms with Crippen LogP contribution in [0.3, 0.4) is 0 Å². The average molecular weight is 442 g/mol. The molecule has 32 heavy (non-hydrogen) atoms. The van der Waals surface area contributed by atoms with Crippen LogP contribution >= 0.6 is 0 Å². The Balaban J connectivity index is 1.76. The molecule has 0 amide bonds. The van der Waals surface area contributed by atoms with Gasteiger partial charge in [-0.25, -0.2) is 0 Å². The molecule has 166 valence electrons. The van der Waals surface area contributed by atoms with Crippen molar-refractivity contribution in [2.24, 2.45) is 0 Å². The second kappa shape index (κ2) is 7.46. The summed E-state index contributed by atoms with van der Waals surface area (Å²) in [6, 6.07) is 14.7. The fourth-order valence-corrected chi connectivity index (χ4v) is 3.37. The predicted molar refractivity (Wildman–Crippen MR) is 107 cm³/mol. The molecule has 0 bridgehead atoms. The molecular formula is C20H18N4O8. The monoisotopic (exact) mass is 442 g/mol. The largest absolute Gasteiger partial charge is 0.502 e. The molecule has 0 atom stereocenters. The zero-order chi connectivity index (χ0) is 23.2. The first-order valence-electron chi connectivity index (χ1n) is 9.21. The van der Waals surface area contributed by atoms with Crippen molar-refractivity contribution in [3.05, 3.63) is 98.3 Å². The van der Waals surface area contributed by atoms with Crippen LogP contribution < -0.4 is 11.1 Å². The number of aliphatic hydroxyl groups is 3. The van der Waals surface area contributed by atoms with Gasteiger partial charge in [-0.05, 0) is 29.8 Å². The third kappa shape index (κ3) is 3.43. The summed E-state index contributed by atoms with van der Waals surface area (Å²) >= 11 is 0. The summed E-state index contributed by atoms with van der Waals surface area (Å²) in [5.41, 5.74) is -1.90. The van der Waals surface area contributed by atoms with E-state index in [0.29, 0.717) is 26.8 Å². The van der Waals surface area contributed by atoms with Crippen LogP contribution in [-0.4, -0.2) is 49.9 Å². The highest BCUT2D eigenvalue weighted by Gasteiger charge is 2.30. The van der Waals surface area contributed by atoms with Crippen LogP contribution in [0.15, 0.2) is 70.3 Å². The van der Waals surface area contributed by atoms with E-state index in [0.717, 1.165) is 4.68 Å². The Hall–Kier alpha value is -4.26. The van der Waals surface area contributed by atoms with Gasteiger partial charge in [0.05, 0.1) is 11.4 Å². The lowest BCUT2D eigenvalue weighted by atomic mass is 10.1. The SMILES string of the molecule is O=c1cc(C(O)(O)O)n(O)n1-c1cccc(Cc2c(O)c(=O)n(-c3ccccc3)n2O)c1. The van der Waals surface area contributed by atoms with Crippen LogP contribution in [0.25, 0.3) is 11.4 Å². The lowest BCUT2D eigenvalue weighted by Crippen LogP contribution is -2.29. The third-order valence-corrected chi connectivity index (χ3v) is 4.84. The van der Waals surface area contributed by atoms with E-state index in [1.54, 1.807) is 36.4 Å². The molecule has 12 heteroatoms. The average Bonchev–Trinajstić information content (AvgIpc) is 3.16. The number of nitrogens with zero attached hydrogens (tertiary/aromatic N) is 4. The quantitative estimate of drug-likeness (QED) is 0.176. The zero-order valence-corrected chi connectivity index (χ0v) is 16.3. The van der Waals surface area contributed by atoms with E-state index in [2.05, 4.69) is 0 Å². The van der Waals surface area contributed by atoms with Crippen molar-refractivity contribution in [3.63, 3.8) is 0 Å². The predicted octanol–water partition coefficient (Wildman–Crippen LogP) is -0.550. The van der Waals surface area contributed by atoms with E-state index in [9.17, 15) is 40.4 Å². The molecule has 4 aromatic rings. The number of hydrogen-bond donors (Lipinski definition) is 6. The molecule has 0 unspecified atom stereocenters. The van der Waals surface area contributed by atoms with Crippen molar-refractivity contribution in [2.75, 3.05) is 0 Å². The standard InChI is InChI=1S/C20H18N4O8/c25-17-11-16(20(28,29)30)24(32)21(17)14-8-4-5-12(9-14)10-15-18(26)19(27)22(23(15)31)13-6-2-1-3-7-13/h1-9,11,26,28-32H,10H2. The van der Waals surface area contributed by atoms with Crippen LogP contribution in [-0.2, 0) is 12.4 Å². The smallest absolute Gasteiger partial charge is 0.325 e. The van der Waals surface area contributed by atoms with E-state index in [4.69, 9.17) is 0 Å². The van der Waals surface area contributed by atoms with Gasteiger partial charge in [-0.3, -0.25) is 9.59 Å². The summed E-state index contributed by atoms with van der Waals surface area (Å²) in [7, 11) is 0. The molecule has 0 fully saturated rings. The number of aromatic hydroxyl groups is 1. The van der Waals surface area contributed by atoms with Crippen LogP contribution in [0.4, 0.5) is 0 Å². The highest BCUT2D eigenvalue weighted by Crippen LogP contribution is 2.21. The summed E-state index contributed by atoms with van der Waals surface area (Å²) in [5, 5.41) is 58.7. The Kier molecular flexibility index (Phi) is 4.89. The fraction of sp³-hybridized carbons (Fsp3) is 0.100. The minimum absolute atomic E-state index is 0.0688. The fourth-order valence-electron chi connectivity index (χ4n) is 3.37. The Morgan fingerprint density at radius 1 is 0.781 bits per heavy atom. The Morgan fingerprint density at radius 2 is 1.44 bits per heavy atom. The van der Waals surface area contributed by atoms with E-state index in [1.165, 1.54) is 18.2 Å². The third-order valence-electron chi connectivity index (χ3n) is 4.84. The molecule has 12 nitrogen and oxygen atoms in total. The van der Waals surface area contributed by atoms with Crippen LogP contribution in [0.5, 0.6) is 5.75 Å². The number of benzene rings is 2. The van der Waals surface area contributed by atoms with E-state index in [1.807, 2.05) is 0 Å². The van der Waals surface area contributed by atoms with Crippen molar-refractivity contribution in [1.82, 2.24) is 19.1 Å². The molecule has 2 heterocycles. The number of rotatable bonds is 5. The summed E-state index contributed by atoms with van der Waals surface area (Å²) in [6.45, 7) is 0.